The summed E-state index contributed by atoms with van der Waals surface area (Å²) in [7, 11) is 0. The molecule has 0 radical (unpaired) electrons. The minimum atomic E-state index is -4.47. The van der Waals surface area contributed by atoms with Crippen LogP contribution in [0.2, 0.25) is 5.02 Å². The number of phenols is 2. The van der Waals surface area contributed by atoms with Crippen molar-refractivity contribution in [2.75, 3.05) is 6.54 Å². The minimum absolute atomic E-state index is 0.0352. The molecule has 0 saturated heterocycles. The second kappa shape index (κ2) is 7.24. The number of aromatic amines is 1. The molecule has 30 heavy (non-hydrogen) atoms. The van der Waals surface area contributed by atoms with Gasteiger partial charge in [0.25, 0.3) is 5.91 Å². The number of aromatic hydroxyl groups is 2. The smallest absolute Gasteiger partial charge is 0.416 e. The maximum Gasteiger partial charge on any atom is 0.416 e. The van der Waals surface area contributed by atoms with Crippen LogP contribution in [-0.4, -0.2) is 37.8 Å². The topological polar surface area (TPSA) is 89.5 Å². The van der Waals surface area contributed by atoms with E-state index in [1.807, 2.05) is 0 Å². The Labute approximate surface area is 173 Å². The Morgan fingerprint density at radius 2 is 1.83 bits per heavy atom. The Morgan fingerprint density at radius 1 is 1.13 bits per heavy atom. The van der Waals surface area contributed by atoms with Gasteiger partial charge in [0.05, 0.1) is 10.6 Å². The summed E-state index contributed by atoms with van der Waals surface area (Å²) in [6.45, 7) is 0.510. The highest BCUT2D eigenvalue weighted by Crippen LogP contribution is 2.39. The van der Waals surface area contributed by atoms with Crippen molar-refractivity contribution in [2.45, 2.75) is 19.1 Å². The fourth-order valence-electron chi connectivity index (χ4n) is 3.42. The van der Waals surface area contributed by atoms with Crippen LogP contribution >= 0.6 is 11.6 Å². The molecule has 0 bridgehead atoms. The van der Waals surface area contributed by atoms with E-state index in [0.29, 0.717) is 29.8 Å². The molecular formula is C20H15ClF3N3O3. The summed E-state index contributed by atoms with van der Waals surface area (Å²) in [6, 6.07) is 6.54. The summed E-state index contributed by atoms with van der Waals surface area (Å²) in [5, 5.41) is 26.9. The lowest BCUT2D eigenvalue weighted by molar-refractivity contribution is -0.137. The van der Waals surface area contributed by atoms with Crippen LogP contribution in [0, 0.1) is 0 Å². The lowest BCUT2D eigenvalue weighted by Crippen LogP contribution is -2.36. The molecule has 10 heteroatoms. The van der Waals surface area contributed by atoms with Crippen molar-refractivity contribution in [2.24, 2.45) is 0 Å². The molecule has 1 amide bonds. The van der Waals surface area contributed by atoms with Crippen molar-refractivity contribution >= 4 is 17.5 Å². The molecule has 3 N–H and O–H groups in total. The fraction of sp³-hybridized carbons (Fsp3) is 0.200. The van der Waals surface area contributed by atoms with E-state index in [2.05, 4.69) is 10.2 Å². The Balaban J connectivity index is 1.62. The second-order valence-corrected chi connectivity index (χ2v) is 7.31. The summed E-state index contributed by atoms with van der Waals surface area (Å²) in [6.07, 6.45) is -4.01. The fourth-order valence-corrected chi connectivity index (χ4v) is 3.58. The van der Waals surface area contributed by atoms with Crippen molar-refractivity contribution in [3.05, 3.63) is 63.8 Å². The van der Waals surface area contributed by atoms with Crippen LogP contribution in [0.15, 0.2) is 36.4 Å². The summed E-state index contributed by atoms with van der Waals surface area (Å²) in [5.41, 5.74) is 1.45. The first kappa shape index (κ1) is 20.1. The maximum atomic E-state index is 12.8. The third kappa shape index (κ3) is 3.56. The van der Waals surface area contributed by atoms with Gasteiger partial charge in [0.2, 0.25) is 0 Å². The second-order valence-electron chi connectivity index (χ2n) is 6.90. The predicted octanol–water partition coefficient (Wildman–Crippen LogP) is 4.36. The number of phenolic OH excluding ortho intramolecular Hbond substituents is 2. The Morgan fingerprint density at radius 3 is 2.50 bits per heavy atom. The third-order valence-electron chi connectivity index (χ3n) is 5.00. The molecule has 2 heterocycles. The number of aromatic nitrogens is 2. The number of halogens is 4. The summed E-state index contributed by atoms with van der Waals surface area (Å²) in [5.74, 6) is -0.909. The molecule has 0 spiro atoms. The molecule has 0 saturated carbocycles. The van der Waals surface area contributed by atoms with Gasteiger partial charge in [-0.15, -0.1) is 0 Å². The van der Waals surface area contributed by atoms with Gasteiger partial charge in [-0.1, -0.05) is 11.6 Å². The predicted molar refractivity (Wildman–Crippen MR) is 102 cm³/mol. The zero-order valence-electron chi connectivity index (χ0n) is 15.3. The first-order valence-corrected chi connectivity index (χ1v) is 9.27. The van der Waals surface area contributed by atoms with Crippen LogP contribution < -0.4 is 0 Å². The standard InChI is InChI=1S/C20H15ClF3N3O3/c21-14-7-12(16(28)8-17(14)29)18-13-9-27(6-5-15(13)25-26-18)19(30)10-1-3-11(4-2-10)20(22,23)24/h1-4,7-8,28-29H,5-6,9H2,(H,25,26). The largest absolute Gasteiger partial charge is 0.507 e. The van der Waals surface area contributed by atoms with Crippen molar-refractivity contribution in [3.63, 3.8) is 0 Å². The van der Waals surface area contributed by atoms with E-state index in [9.17, 15) is 28.2 Å². The Bertz CT molecular complexity index is 1130. The van der Waals surface area contributed by atoms with Crippen molar-refractivity contribution in [1.82, 2.24) is 15.1 Å². The summed E-state index contributed by atoms with van der Waals surface area (Å²) in [4.78, 5) is 14.3. The van der Waals surface area contributed by atoms with Crippen molar-refractivity contribution in [3.8, 4) is 22.8 Å². The van der Waals surface area contributed by atoms with Crippen LogP contribution in [0.25, 0.3) is 11.3 Å². The van der Waals surface area contributed by atoms with Gasteiger partial charge in [-0.3, -0.25) is 9.89 Å². The number of nitrogens with zero attached hydrogens (tertiary/aromatic N) is 2. The van der Waals surface area contributed by atoms with Gasteiger partial charge in [0, 0.05) is 48.0 Å². The highest BCUT2D eigenvalue weighted by atomic mass is 35.5. The van der Waals surface area contributed by atoms with E-state index in [-0.39, 0.29) is 28.6 Å². The van der Waals surface area contributed by atoms with E-state index >= 15 is 0 Å². The molecule has 0 aliphatic carbocycles. The molecule has 2 aromatic carbocycles. The van der Waals surface area contributed by atoms with E-state index in [1.165, 1.54) is 11.0 Å². The number of amides is 1. The summed E-state index contributed by atoms with van der Waals surface area (Å²) < 4.78 is 38.2. The third-order valence-corrected chi connectivity index (χ3v) is 5.30. The molecule has 1 aromatic heterocycles. The SMILES string of the molecule is O=C(c1ccc(C(F)(F)F)cc1)N1CCc2[nH]nc(-c3cc(Cl)c(O)cc3O)c2C1. The highest BCUT2D eigenvalue weighted by Gasteiger charge is 2.31. The quantitative estimate of drug-likeness (QED) is 0.555. The highest BCUT2D eigenvalue weighted by molar-refractivity contribution is 6.32. The van der Waals surface area contributed by atoms with Crippen LogP contribution in [0.3, 0.4) is 0 Å². The van der Waals surface area contributed by atoms with E-state index in [1.54, 1.807) is 0 Å². The lowest BCUT2D eigenvalue weighted by atomic mass is 9.99. The van der Waals surface area contributed by atoms with Crippen LogP contribution in [0.1, 0.15) is 27.2 Å². The van der Waals surface area contributed by atoms with Crippen LogP contribution in [-0.2, 0) is 19.1 Å². The molecule has 1 aliphatic rings. The monoisotopic (exact) mass is 437 g/mol. The number of carbonyl (C=O) groups is 1. The minimum Gasteiger partial charge on any atom is -0.507 e. The normalized spacial score (nSPS) is 13.9. The van der Waals surface area contributed by atoms with Crippen molar-refractivity contribution in [1.29, 1.82) is 0 Å². The van der Waals surface area contributed by atoms with Gasteiger partial charge in [-0.05, 0) is 30.3 Å². The number of H-pyrrole nitrogens is 1. The Hall–Kier alpha value is -3.20. The molecular weight excluding hydrogens is 423 g/mol. The molecule has 0 unspecified atom stereocenters. The molecule has 6 nitrogen and oxygen atoms in total. The van der Waals surface area contributed by atoms with Gasteiger partial charge in [-0.2, -0.15) is 18.3 Å². The number of carbonyl (C=O) groups excluding carboxylic acids is 1. The molecule has 1 aliphatic heterocycles. The lowest BCUT2D eigenvalue weighted by Gasteiger charge is -2.27. The van der Waals surface area contributed by atoms with E-state index in [4.69, 9.17) is 11.6 Å². The van der Waals surface area contributed by atoms with Gasteiger partial charge in [0.15, 0.2) is 0 Å². The molecule has 4 rings (SSSR count). The number of nitrogens with one attached hydrogen (secondary N) is 1. The molecule has 0 fully saturated rings. The van der Waals surface area contributed by atoms with E-state index in [0.717, 1.165) is 36.0 Å². The average molecular weight is 438 g/mol. The van der Waals surface area contributed by atoms with Crippen LogP contribution in [0.5, 0.6) is 11.5 Å². The van der Waals surface area contributed by atoms with Gasteiger partial charge in [-0.25, -0.2) is 0 Å². The number of fused-ring (bicyclic) bond motifs is 1. The number of alkyl halides is 3. The average Bonchev–Trinajstić information content (AvgIpc) is 3.12. The maximum absolute atomic E-state index is 12.8. The van der Waals surface area contributed by atoms with Crippen molar-refractivity contribution < 1.29 is 28.2 Å². The number of rotatable bonds is 2. The number of hydrogen-bond acceptors (Lipinski definition) is 4. The van der Waals surface area contributed by atoms with Gasteiger partial charge in [0.1, 0.15) is 17.2 Å². The van der Waals surface area contributed by atoms with Gasteiger partial charge >= 0.3 is 6.18 Å². The van der Waals surface area contributed by atoms with Gasteiger partial charge < -0.3 is 15.1 Å². The molecule has 156 valence electrons. The first-order chi connectivity index (χ1) is 14.1. The van der Waals surface area contributed by atoms with E-state index < -0.39 is 17.6 Å². The molecule has 3 aromatic rings. The zero-order valence-corrected chi connectivity index (χ0v) is 16.1. The first-order valence-electron chi connectivity index (χ1n) is 8.89. The van der Waals surface area contributed by atoms with Crippen LogP contribution in [0.4, 0.5) is 13.2 Å². The number of hydrogen-bond donors (Lipinski definition) is 3. The Kier molecular flexibility index (Phi) is 4.85. The molecule has 0 atom stereocenters. The summed E-state index contributed by atoms with van der Waals surface area (Å²) >= 11 is 5.95. The zero-order chi connectivity index (χ0) is 21.6. The number of benzene rings is 2.